The molecule has 6 heteroatoms. The minimum Gasteiger partial charge on any atom is -0.379 e. The number of hydrogen-bond donors (Lipinski definition) is 2. The van der Waals surface area contributed by atoms with Crippen molar-refractivity contribution in [3.63, 3.8) is 0 Å². The number of benzene rings is 2. The molecule has 4 nitrogen and oxygen atoms in total. The molecule has 0 spiro atoms. The van der Waals surface area contributed by atoms with E-state index in [2.05, 4.69) is 21.7 Å². The summed E-state index contributed by atoms with van der Waals surface area (Å²) < 4.78 is 0.515. The Morgan fingerprint density at radius 3 is 2.76 bits per heavy atom. The van der Waals surface area contributed by atoms with Crippen LogP contribution in [0.4, 0.5) is 5.69 Å². The maximum absolute atomic E-state index is 12.6. The molecule has 1 aromatic heterocycles. The third kappa shape index (κ3) is 4.81. The summed E-state index contributed by atoms with van der Waals surface area (Å²) in [7, 11) is 0. The van der Waals surface area contributed by atoms with Gasteiger partial charge in [0.2, 0.25) is 0 Å². The van der Waals surface area contributed by atoms with E-state index in [0.717, 1.165) is 16.1 Å². The van der Waals surface area contributed by atoms with Gasteiger partial charge in [-0.15, -0.1) is 11.3 Å². The Labute approximate surface area is 155 Å². The molecule has 0 fully saturated rings. The van der Waals surface area contributed by atoms with E-state index in [9.17, 15) is 4.79 Å². The molecule has 0 radical (unpaired) electrons. The van der Waals surface area contributed by atoms with Crippen molar-refractivity contribution < 1.29 is 4.79 Å². The maximum atomic E-state index is 12.6. The van der Waals surface area contributed by atoms with Gasteiger partial charge in [0, 0.05) is 23.3 Å². The number of nitrogens with zero attached hydrogens (tertiary/aromatic N) is 1. The van der Waals surface area contributed by atoms with Gasteiger partial charge in [-0.2, -0.15) is 0 Å². The number of amides is 1. The molecule has 1 heterocycles. The molecule has 0 bridgehead atoms. The average Bonchev–Trinajstić information content (AvgIpc) is 3.03. The van der Waals surface area contributed by atoms with E-state index >= 15 is 0 Å². The first-order chi connectivity index (χ1) is 12.1. The van der Waals surface area contributed by atoms with Crippen LogP contribution in [-0.2, 0) is 13.1 Å². The number of anilines is 1. The molecular weight excluding hydrogens is 354 g/mol. The van der Waals surface area contributed by atoms with Crippen LogP contribution in [0.5, 0.6) is 0 Å². The van der Waals surface area contributed by atoms with Gasteiger partial charge in [0.1, 0.15) is 0 Å². The van der Waals surface area contributed by atoms with Gasteiger partial charge >= 0.3 is 0 Å². The molecule has 0 aliphatic heterocycles. The van der Waals surface area contributed by atoms with E-state index < -0.39 is 0 Å². The van der Waals surface area contributed by atoms with Crippen molar-refractivity contribution >= 4 is 34.5 Å². The van der Waals surface area contributed by atoms with Crippen LogP contribution in [0, 0.1) is 6.92 Å². The highest BCUT2D eigenvalue weighted by atomic mass is 35.5. The lowest BCUT2D eigenvalue weighted by molar-refractivity contribution is 0.0951. The van der Waals surface area contributed by atoms with Gasteiger partial charge in [-0.25, -0.2) is 4.98 Å². The Balaban J connectivity index is 1.65. The van der Waals surface area contributed by atoms with Gasteiger partial charge in [0.25, 0.3) is 5.91 Å². The summed E-state index contributed by atoms with van der Waals surface area (Å²) in [6.45, 7) is 3.11. The van der Waals surface area contributed by atoms with Crippen LogP contribution < -0.4 is 10.6 Å². The van der Waals surface area contributed by atoms with Crippen molar-refractivity contribution in [2.24, 2.45) is 0 Å². The van der Waals surface area contributed by atoms with E-state index in [4.69, 9.17) is 11.6 Å². The third-order valence-corrected chi connectivity index (χ3v) is 4.80. The summed E-state index contributed by atoms with van der Waals surface area (Å²) >= 11 is 7.27. The highest BCUT2D eigenvalue weighted by molar-refractivity contribution is 7.15. The van der Waals surface area contributed by atoms with Crippen molar-refractivity contribution in [3.05, 3.63) is 80.8 Å². The summed E-state index contributed by atoms with van der Waals surface area (Å²) in [6.07, 6.45) is 1.74. The summed E-state index contributed by atoms with van der Waals surface area (Å²) in [4.78, 5) is 17.6. The Morgan fingerprint density at radius 2 is 2.00 bits per heavy atom. The first kappa shape index (κ1) is 17.5. The van der Waals surface area contributed by atoms with Gasteiger partial charge in [-0.3, -0.25) is 4.79 Å². The number of thiazole rings is 1. The number of aromatic nitrogens is 1. The number of para-hydroxylation sites is 1. The first-order valence-electron chi connectivity index (χ1n) is 7.88. The molecule has 0 saturated heterocycles. The van der Waals surface area contributed by atoms with Gasteiger partial charge in [-0.05, 0) is 24.6 Å². The molecule has 1 amide bonds. The molecule has 0 saturated carbocycles. The quantitative estimate of drug-likeness (QED) is 0.663. The molecule has 3 aromatic rings. The van der Waals surface area contributed by atoms with Crippen molar-refractivity contribution in [3.8, 4) is 0 Å². The van der Waals surface area contributed by atoms with E-state index in [1.807, 2.05) is 49.4 Å². The standard InChI is InChI=1S/C19H18ClN3OS/c1-13-5-4-6-14(9-13)10-22-18(24)16-7-2-3-8-17(16)21-11-15-12-23-19(20)25-15/h2-9,12,21H,10-11H2,1H3,(H,22,24). The molecular formula is C19H18ClN3OS. The Morgan fingerprint density at radius 1 is 1.16 bits per heavy atom. The van der Waals surface area contributed by atoms with Crippen molar-refractivity contribution in [1.29, 1.82) is 0 Å². The fourth-order valence-corrected chi connectivity index (χ4v) is 3.40. The fourth-order valence-electron chi connectivity index (χ4n) is 2.48. The van der Waals surface area contributed by atoms with E-state index in [-0.39, 0.29) is 5.91 Å². The monoisotopic (exact) mass is 371 g/mol. The SMILES string of the molecule is Cc1cccc(CNC(=O)c2ccccc2NCc2cnc(Cl)s2)c1. The smallest absolute Gasteiger partial charge is 0.253 e. The van der Waals surface area contributed by atoms with E-state index in [0.29, 0.717) is 23.1 Å². The predicted octanol–water partition coefficient (Wildman–Crippen LogP) is 4.65. The minimum atomic E-state index is -0.105. The highest BCUT2D eigenvalue weighted by Gasteiger charge is 2.11. The normalized spacial score (nSPS) is 10.5. The van der Waals surface area contributed by atoms with Crippen LogP contribution in [0.2, 0.25) is 4.47 Å². The second-order valence-electron chi connectivity index (χ2n) is 5.65. The second kappa shape index (κ2) is 8.14. The minimum absolute atomic E-state index is 0.105. The lowest BCUT2D eigenvalue weighted by Gasteiger charge is -2.12. The predicted molar refractivity (Wildman–Crippen MR) is 103 cm³/mol. The Bertz CT molecular complexity index is 878. The van der Waals surface area contributed by atoms with E-state index in [1.165, 1.54) is 16.9 Å². The molecule has 0 aliphatic carbocycles. The molecule has 2 N–H and O–H groups in total. The van der Waals surface area contributed by atoms with Crippen LogP contribution >= 0.6 is 22.9 Å². The number of carbonyl (C=O) groups is 1. The molecule has 25 heavy (non-hydrogen) atoms. The van der Waals surface area contributed by atoms with Crippen molar-refractivity contribution in [2.45, 2.75) is 20.0 Å². The van der Waals surface area contributed by atoms with Gasteiger partial charge < -0.3 is 10.6 Å². The molecule has 0 aliphatic rings. The molecule has 2 aromatic carbocycles. The summed E-state index contributed by atoms with van der Waals surface area (Å²) in [5.41, 5.74) is 3.66. The molecule has 128 valence electrons. The zero-order chi connectivity index (χ0) is 17.6. The Kier molecular flexibility index (Phi) is 5.68. The third-order valence-electron chi connectivity index (χ3n) is 3.69. The molecule has 0 atom stereocenters. The number of halogens is 1. The zero-order valence-corrected chi connectivity index (χ0v) is 15.3. The van der Waals surface area contributed by atoms with Crippen LogP contribution in [-0.4, -0.2) is 10.9 Å². The van der Waals surface area contributed by atoms with Gasteiger partial charge in [-0.1, -0.05) is 53.6 Å². The van der Waals surface area contributed by atoms with Crippen molar-refractivity contribution in [2.75, 3.05) is 5.32 Å². The number of carbonyl (C=O) groups excluding carboxylic acids is 1. The second-order valence-corrected chi connectivity index (χ2v) is 7.35. The topological polar surface area (TPSA) is 54.0 Å². The number of nitrogens with one attached hydrogen (secondary N) is 2. The van der Waals surface area contributed by atoms with Crippen LogP contribution in [0.15, 0.2) is 54.7 Å². The Hall–Kier alpha value is -2.37. The molecule has 3 rings (SSSR count). The zero-order valence-electron chi connectivity index (χ0n) is 13.8. The van der Waals surface area contributed by atoms with Gasteiger partial charge in [0.05, 0.1) is 12.1 Å². The summed E-state index contributed by atoms with van der Waals surface area (Å²) in [5.74, 6) is -0.105. The highest BCUT2D eigenvalue weighted by Crippen LogP contribution is 2.21. The largest absolute Gasteiger partial charge is 0.379 e. The fraction of sp³-hybridized carbons (Fsp3) is 0.158. The number of rotatable bonds is 6. The van der Waals surface area contributed by atoms with Crippen molar-refractivity contribution in [1.82, 2.24) is 10.3 Å². The summed E-state index contributed by atoms with van der Waals surface area (Å²) in [5, 5.41) is 6.26. The van der Waals surface area contributed by atoms with E-state index in [1.54, 1.807) is 6.20 Å². The molecule has 0 unspecified atom stereocenters. The summed E-state index contributed by atoms with van der Waals surface area (Å²) in [6, 6.07) is 15.6. The van der Waals surface area contributed by atoms with Crippen LogP contribution in [0.25, 0.3) is 0 Å². The first-order valence-corrected chi connectivity index (χ1v) is 9.08. The van der Waals surface area contributed by atoms with Crippen LogP contribution in [0.3, 0.4) is 0 Å². The lowest BCUT2D eigenvalue weighted by atomic mass is 10.1. The number of hydrogen-bond acceptors (Lipinski definition) is 4. The number of aryl methyl sites for hydroxylation is 1. The van der Waals surface area contributed by atoms with Crippen LogP contribution in [0.1, 0.15) is 26.4 Å². The lowest BCUT2D eigenvalue weighted by Crippen LogP contribution is -2.24. The average molecular weight is 372 g/mol. The van der Waals surface area contributed by atoms with Gasteiger partial charge in [0.15, 0.2) is 4.47 Å². The maximum Gasteiger partial charge on any atom is 0.253 e.